The number of halogens is 3. The molecule has 0 radical (unpaired) electrons. The van der Waals surface area contributed by atoms with Crippen LogP contribution in [0.1, 0.15) is 11.1 Å². The second kappa shape index (κ2) is 7.09. The summed E-state index contributed by atoms with van der Waals surface area (Å²) in [7, 11) is -8.28. The van der Waals surface area contributed by atoms with Gasteiger partial charge in [-0.1, -0.05) is 24.3 Å². The standard InChI is InChI=1S/C15H13F3N2O4S2/c16-15(17,18)12-7-5-11(6-8-12)9-10-25(21,22)20-13-3-1-2-4-14(13)26(19,23)24/h1-10,20H,(H2,19,23,24)/b10-9+. The van der Waals surface area contributed by atoms with Crippen molar-refractivity contribution in [2.45, 2.75) is 11.1 Å². The fourth-order valence-electron chi connectivity index (χ4n) is 1.94. The minimum atomic E-state index is -4.49. The number of sulfonamides is 2. The molecule has 0 aliphatic carbocycles. The van der Waals surface area contributed by atoms with Crippen LogP contribution in [-0.2, 0) is 26.2 Å². The molecule has 2 rings (SSSR count). The summed E-state index contributed by atoms with van der Waals surface area (Å²) in [6.07, 6.45) is -3.42. The molecule has 2 aromatic carbocycles. The van der Waals surface area contributed by atoms with Crippen molar-refractivity contribution in [2.75, 3.05) is 4.72 Å². The SMILES string of the molecule is NS(=O)(=O)c1ccccc1NS(=O)(=O)/C=C/c1ccc(C(F)(F)F)cc1. The highest BCUT2D eigenvalue weighted by atomic mass is 32.2. The molecule has 3 N–H and O–H groups in total. The van der Waals surface area contributed by atoms with Crippen LogP contribution in [0, 0.1) is 0 Å². The predicted octanol–water partition coefficient (Wildman–Crippen LogP) is 2.77. The van der Waals surface area contributed by atoms with Crippen LogP contribution in [0.2, 0.25) is 0 Å². The number of primary sulfonamides is 1. The van der Waals surface area contributed by atoms with E-state index in [1.54, 1.807) is 0 Å². The quantitative estimate of drug-likeness (QED) is 0.796. The Labute approximate surface area is 148 Å². The van der Waals surface area contributed by atoms with Crippen LogP contribution in [0.3, 0.4) is 0 Å². The third-order valence-corrected chi connectivity index (χ3v) is 5.09. The van der Waals surface area contributed by atoms with Gasteiger partial charge in [-0.2, -0.15) is 13.2 Å². The van der Waals surface area contributed by atoms with E-state index in [0.29, 0.717) is 5.41 Å². The zero-order chi connectivity index (χ0) is 19.6. The van der Waals surface area contributed by atoms with Gasteiger partial charge in [0.25, 0.3) is 10.0 Å². The Morgan fingerprint density at radius 1 is 0.923 bits per heavy atom. The molecule has 0 unspecified atom stereocenters. The van der Waals surface area contributed by atoms with Gasteiger partial charge in [-0.25, -0.2) is 22.0 Å². The Kier molecular flexibility index (Phi) is 5.44. The van der Waals surface area contributed by atoms with Gasteiger partial charge in [0.2, 0.25) is 10.0 Å². The molecular formula is C15H13F3N2O4S2. The molecule has 0 aromatic heterocycles. The van der Waals surface area contributed by atoms with Crippen LogP contribution in [0.5, 0.6) is 0 Å². The lowest BCUT2D eigenvalue weighted by atomic mass is 10.1. The van der Waals surface area contributed by atoms with Gasteiger partial charge in [0.05, 0.1) is 16.7 Å². The second-order valence-electron chi connectivity index (χ2n) is 5.11. The molecular weight excluding hydrogens is 393 g/mol. The van der Waals surface area contributed by atoms with E-state index in [2.05, 4.69) is 0 Å². The third-order valence-electron chi connectivity index (χ3n) is 3.12. The molecule has 140 valence electrons. The maximum Gasteiger partial charge on any atom is 0.416 e. The molecule has 0 saturated heterocycles. The van der Waals surface area contributed by atoms with Crippen LogP contribution in [0.25, 0.3) is 6.08 Å². The highest BCUT2D eigenvalue weighted by molar-refractivity contribution is 7.95. The molecule has 11 heteroatoms. The van der Waals surface area contributed by atoms with E-state index in [4.69, 9.17) is 5.14 Å². The van der Waals surface area contributed by atoms with Crippen LogP contribution in [0.15, 0.2) is 58.8 Å². The monoisotopic (exact) mass is 406 g/mol. The van der Waals surface area contributed by atoms with Crippen LogP contribution in [-0.4, -0.2) is 16.8 Å². The number of para-hydroxylation sites is 1. The summed E-state index contributed by atoms with van der Waals surface area (Å²) in [5, 5.41) is 5.72. The van der Waals surface area contributed by atoms with Crippen molar-refractivity contribution in [1.29, 1.82) is 0 Å². The Balaban J connectivity index is 2.24. The molecule has 0 amide bonds. The molecule has 0 bridgehead atoms. The van der Waals surface area contributed by atoms with Crippen molar-refractivity contribution in [2.24, 2.45) is 5.14 Å². The molecule has 0 heterocycles. The molecule has 0 saturated carbocycles. The summed E-state index contributed by atoms with van der Waals surface area (Å²) in [4.78, 5) is -0.411. The molecule has 0 atom stereocenters. The van der Waals surface area contributed by atoms with Crippen molar-refractivity contribution < 1.29 is 30.0 Å². The summed E-state index contributed by atoms with van der Waals surface area (Å²) in [6.45, 7) is 0. The van der Waals surface area contributed by atoms with E-state index in [1.807, 2.05) is 4.72 Å². The maximum absolute atomic E-state index is 12.5. The number of rotatable bonds is 5. The lowest BCUT2D eigenvalue weighted by Gasteiger charge is -2.09. The molecule has 0 fully saturated rings. The third kappa shape index (κ3) is 5.31. The Bertz CT molecular complexity index is 1030. The fourth-order valence-corrected chi connectivity index (χ4v) is 3.59. The molecule has 2 aromatic rings. The maximum atomic E-state index is 12.5. The summed E-state index contributed by atoms with van der Waals surface area (Å²) in [6, 6.07) is 8.96. The van der Waals surface area contributed by atoms with Crippen LogP contribution in [0.4, 0.5) is 18.9 Å². The van der Waals surface area contributed by atoms with E-state index in [0.717, 1.165) is 36.4 Å². The summed E-state index contributed by atoms with van der Waals surface area (Å²) in [5.74, 6) is 0. The summed E-state index contributed by atoms with van der Waals surface area (Å²) >= 11 is 0. The number of nitrogens with two attached hydrogens (primary N) is 1. The first-order valence-corrected chi connectivity index (χ1v) is 9.98. The number of hydrogen-bond acceptors (Lipinski definition) is 4. The van der Waals surface area contributed by atoms with Crippen molar-refractivity contribution in [3.8, 4) is 0 Å². The van der Waals surface area contributed by atoms with Gasteiger partial charge in [0.15, 0.2) is 0 Å². The van der Waals surface area contributed by atoms with Crippen molar-refractivity contribution >= 4 is 31.8 Å². The summed E-state index contributed by atoms with van der Waals surface area (Å²) in [5.41, 5.74) is -0.895. The smallest absolute Gasteiger partial charge is 0.279 e. The first-order valence-electron chi connectivity index (χ1n) is 6.88. The minimum absolute atomic E-state index is 0.211. The van der Waals surface area contributed by atoms with Crippen LogP contribution >= 0.6 is 0 Å². The molecule has 6 nitrogen and oxygen atoms in total. The molecule has 0 aliphatic heterocycles. The Hall–Kier alpha value is -2.37. The van der Waals surface area contributed by atoms with Gasteiger partial charge in [0.1, 0.15) is 4.90 Å². The Morgan fingerprint density at radius 2 is 1.50 bits per heavy atom. The number of alkyl halides is 3. The highest BCUT2D eigenvalue weighted by Crippen LogP contribution is 2.29. The number of benzene rings is 2. The fraction of sp³-hybridized carbons (Fsp3) is 0.0667. The zero-order valence-electron chi connectivity index (χ0n) is 12.9. The topological polar surface area (TPSA) is 106 Å². The summed E-state index contributed by atoms with van der Waals surface area (Å²) < 4.78 is 86.6. The lowest BCUT2D eigenvalue weighted by Crippen LogP contribution is -2.17. The van der Waals surface area contributed by atoms with Gasteiger partial charge >= 0.3 is 6.18 Å². The highest BCUT2D eigenvalue weighted by Gasteiger charge is 2.29. The van der Waals surface area contributed by atoms with Gasteiger partial charge in [0, 0.05) is 0 Å². The Morgan fingerprint density at radius 3 is 2.04 bits per heavy atom. The van der Waals surface area contributed by atoms with Gasteiger partial charge in [-0.3, -0.25) is 4.72 Å². The van der Waals surface area contributed by atoms with Gasteiger partial charge in [-0.15, -0.1) is 0 Å². The number of hydrogen-bond donors (Lipinski definition) is 2. The largest absolute Gasteiger partial charge is 0.416 e. The van der Waals surface area contributed by atoms with Crippen LogP contribution < -0.4 is 9.86 Å². The molecule has 0 spiro atoms. The van der Waals surface area contributed by atoms with Crippen molar-refractivity contribution in [1.82, 2.24) is 0 Å². The van der Waals surface area contributed by atoms with E-state index in [1.165, 1.54) is 18.2 Å². The molecule has 26 heavy (non-hydrogen) atoms. The molecule has 0 aliphatic rings. The number of nitrogens with one attached hydrogen (secondary N) is 1. The van der Waals surface area contributed by atoms with Gasteiger partial charge < -0.3 is 0 Å². The van der Waals surface area contributed by atoms with Crippen molar-refractivity contribution in [3.05, 3.63) is 65.1 Å². The normalized spacial score (nSPS) is 13.1. The van der Waals surface area contributed by atoms with Crippen molar-refractivity contribution in [3.63, 3.8) is 0 Å². The average Bonchev–Trinajstić information content (AvgIpc) is 2.52. The van der Waals surface area contributed by atoms with E-state index < -0.39 is 36.7 Å². The lowest BCUT2D eigenvalue weighted by molar-refractivity contribution is -0.137. The predicted molar refractivity (Wildman–Crippen MR) is 90.8 cm³/mol. The van der Waals surface area contributed by atoms with E-state index in [-0.39, 0.29) is 11.3 Å². The number of anilines is 1. The second-order valence-corrected chi connectivity index (χ2v) is 8.21. The van der Waals surface area contributed by atoms with Gasteiger partial charge in [-0.05, 0) is 35.9 Å². The van der Waals surface area contributed by atoms with E-state index >= 15 is 0 Å². The minimum Gasteiger partial charge on any atom is -0.279 e. The average molecular weight is 406 g/mol. The first kappa shape index (κ1) is 19.9. The zero-order valence-corrected chi connectivity index (χ0v) is 14.6. The van der Waals surface area contributed by atoms with E-state index in [9.17, 15) is 30.0 Å². The first-order chi connectivity index (χ1) is 11.9.